The molecule has 2 aromatic rings. The zero-order chi connectivity index (χ0) is 16.4. The third kappa shape index (κ3) is 3.20. The summed E-state index contributed by atoms with van der Waals surface area (Å²) in [5, 5.41) is 4.39. The smallest absolute Gasteiger partial charge is 0.251 e. The summed E-state index contributed by atoms with van der Waals surface area (Å²) < 4.78 is 1.84. The van der Waals surface area contributed by atoms with Crippen LogP contribution >= 0.6 is 11.8 Å². The summed E-state index contributed by atoms with van der Waals surface area (Å²) in [4.78, 5) is 15.8. The van der Waals surface area contributed by atoms with Gasteiger partial charge in [-0.25, -0.2) is 0 Å². The summed E-state index contributed by atoms with van der Waals surface area (Å²) in [6.45, 7) is 4.75. The van der Waals surface area contributed by atoms with E-state index in [4.69, 9.17) is 0 Å². The fourth-order valence-electron chi connectivity index (χ4n) is 2.83. The average Bonchev–Trinajstić information content (AvgIpc) is 2.71. The fraction of sp³-hybridized carbons (Fsp3) is 0.333. The number of aromatic nitrogens is 2. The Kier molecular flexibility index (Phi) is 4.57. The highest BCUT2D eigenvalue weighted by atomic mass is 32.2. The zero-order valence-corrected chi connectivity index (χ0v) is 14.6. The molecule has 0 aliphatic carbocycles. The van der Waals surface area contributed by atoms with Crippen molar-refractivity contribution in [1.82, 2.24) is 9.78 Å². The van der Waals surface area contributed by atoms with E-state index < -0.39 is 0 Å². The topological polar surface area (TPSA) is 38.1 Å². The summed E-state index contributed by atoms with van der Waals surface area (Å²) in [6.07, 6.45) is 4.56. The molecule has 1 aliphatic heterocycles. The van der Waals surface area contributed by atoms with Gasteiger partial charge in [0, 0.05) is 35.8 Å². The molecule has 1 aliphatic rings. The lowest BCUT2D eigenvalue weighted by atomic mass is 10.1. The molecule has 0 saturated heterocycles. The van der Waals surface area contributed by atoms with Crippen molar-refractivity contribution < 1.29 is 4.79 Å². The number of hydrogen-bond donors (Lipinski definition) is 0. The van der Waals surface area contributed by atoms with Crippen molar-refractivity contribution in [3.05, 3.63) is 47.3 Å². The van der Waals surface area contributed by atoms with Gasteiger partial charge in [0.05, 0.1) is 11.4 Å². The van der Waals surface area contributed by atoms with Gasteiger partial charge in [0.2, 0.25) is 0 Å². The lowest BCUT2D eigenvalue weighted by molar-refractivity contribution is -0.114. The molecular weight excluding hydrogens is 306 g/mol. The summed E-state index contributed by atoms with van der Waals surface area (Å²) in [5.41, 5.74) is 4.06. The van der Waals surface area contributed by atoms with Gasteiger partial charge in [-0.3, -0.25) is 9.48 Å². The molecule has 5 heteroatoms. The molecule has 0 spiro atoms. The van der Waals surface area contributed by atoms with Gasteiger partial charge in [0.25, 0.3) is 5.91 Å². The van der Waals surface area contributed by atoms with E-state index in [9.17, 15) is 4.79 Å². The Bertz CT molecular complexity index is 764. The van der Waals surface area contributed by atoms with E-state index in [0.717, 1.165) is 41.4 Å². The van der Waals surface area contributed by atoms with E-state index in [0.29, 0.717) is 0 Å². The second-order valence-electron chi connectivity index (χ2n) is 5.70. The van der Waals surface area contributed by atoms with E-state index in [1.165, 1.54) is 4.90 Å². The quantitative estimate of drug-likeness (QED) is 0.791. The molecule has 0 N–H and O–H groups in total. The lowest BCUT2D eigenvalue weighted by Crippen LogP contribution is -2.30. The number of nitrogens with zero attached hydrogens (tertiary/aromatic N) is 3. The van der Waals surface area contributed by atoms with Crippen LogP contribution in [0.3, 0.4) is 0 Å². The summed E-state index contributed by atoms with van der Waals surface area (Å²) in [6, 6.07) is 8.13. The maximum absolute atomic E-state index is 12.7. The third-order valence-corrected chi connectivity index (χ3v) is 5.31. The first-order valence-electron chi connectivity index (χ1n) is 7.79. The SMILES string of the molecule is Cc1nn(C)c(C)c1C=CC(=O)N1CCCSc2ccccc21. The summed E-state index contributed by atoms with van der Waals surface area (Å²) in [5.74, 6) is 1.08. The highest BCUT2D eigenvalue weighted by molar-refractivity contribution is 7.99. The van der Waals surface area contributed by atoms with Crippen molar-refractivity contribution in [2.24, 2.45) is 7.05 Å². The Balaban J connectivity index is 1.87. The molecule has 2 heterocycles. The van der Waals surface area contributed by atoms with Gasteiger partial charge in [-0.05, 0) is 44.2 Å². The van der Waals surface area contributed by atoms with Crippen LogP contribution in [-0.2, 0) is 11.8 Å². The lowest BCUT2D eigenvalue weighted by Gasteiger charge is -2.20. The van der Waals surface area contributed by atoms with Crippen LogP contribution < -0.4 is 4.90 Å². The molecule has 4 nitrogen and oxygen atoms in total. The Hall–Kier alpha value is -2.01. The van der Waals surface area contributed by atoms with Gasteiger partial charge < -0.3 is 4.90 Å². The first-order chi connectivity index (χ1) is 11.1. The van der Waals surface area contributed by atoms with Crippen molar-refractivity contribution in [2.45, 2.75) is 25.2 Å². The van der Waals surface area contributed by atoms with Crippen LogP contribution in [-0.4, -0.2) is 28.0 Å². The Labute approximate surface area is 141 Å². The van der Waals surface area contributed by atoms with E-state index in [2.05, 4.69) is 11.2 Å². The number of thioether (sulfide) groups is 1. The number of aryl methyl sites for hydroxylation is 2. The summed E-state index contributed by atoms with van der Waals surface area (Å²) in [7, 11) is 1.92. The molecule has 1 aromatic carbocycles. The molecule has 3 rings (SSSR count). The Morgan fingerprint density at radius 1 is 1.30 bits per heavy atom. The van der Waals surface area contributed by atoms with Crippen molar-refractivity contribution in [3.8, 4) is 0 Å². The van der Waals surface area contributed by atoms with Crippen molar-refractivity contribution in [1.29, 1.82) is 0 Å². The fourth-order valence-corrected chi connectivity index (χ4v) is 3.83. The van der Waals surface area contributed by atoms with Crippen LogP contribution in [0.5, 0.6) is 0 Å². The molecule has 1 aromatic heterocycles. The number of amides is 1. The molecule has 120 valence electrons. The van der Waals surface area contributed by atoms with Gasteiger partial charge in [0.1, 0.15) is 0 Å². The van der Waals surface area contributed by atoms with Crippen molar-refractivity contribution in [3.63, 3.8) is 0 Å². The Morgan fingerprint density at radius 3 is 2.83 bits per heavy atom. The van der Waals surface area contributed by atoms with E-state index in [1.54, 1.807) is 6.08 Å². The molecule has 23 heavy (non-hydrogen) atoms. The van der Waals surface area contributed by atoms with Crippen LogP contribution in [0.2, 0.25) is 0 Å². The minimum Gasteiger partial charge on any atom is -0.308 e. The maximum atomic E-state index is 12.7. The van der Waals surface area contributed by atoms with E-state index >= 15 is 0 Å². The van der Waals surface area contributed by atoms with Crippen molar-refractivity contribution >= 4 is 29.4 Å². The predicted octanol–water partition coefficient (Wildman–Crippen LogP) is 3.58. The number of fused-ring (bicyclic) bond motifs is 1. The minimum absolute atomic E-state index is 0.0302. The van der Waals surface area contributed by atoms with Crippen LogP contribution in [0.1, 0.15) is 23.4 Å². The predicted molar refractivity (Wildman–Crippen MR) is 95.9 cm³/mol. The first kappa shape index (κ1) is 15.9. The number of carbonyl (C=O) groups is 1. The monoisotopic (exact) mass is 327 g/mol. The number of para-hydroxylation sites is 1. The highest BCUT2D eigenvalue weighted by Crippen LogP contribution is 2.33. The van der Waals surface area contributed by atoms with Crippen LogP contribution in [0.25, 0.3) is 6.08 Å². The van der Waals surface area contributed by atoms with Crippen LogP contribution in [0.4, 0.5) is 5.69 Å². The minimum atomic E-state index is 0.0302. The molecule has 0 atom stereocenters. The van der Waals surface area contributed by atoms with Gasteiger partial charge in [0.15, 0.2) is 0 Å². The number of benzene rings is 1. The Morgan fingerprint density at radius 2 is 2.09 bits per heavy atom. The van der Waals surface area contributed by atoms with Gasteiger partial charge in [-0.2, -0.15) is 5.10 Å². The van der Waals surface area contributed by atoms with E-state index in [-0.39, 0.29) is 5.91 Å². The number of rotatable bonds is 2. The number of hydrogen-bond acceptors (Lipinski definition) is 3. The molecule has 0 radical (unpaired) electrons. The maximum Gasteiger partial charge on any atom is 0.251 e. The highest BCUT2D eigenvalue weighted by Gasteiger charge is 2.19. The van der Waals surface area contributed by atoms with Gasteiger partial charge in [-0.15, -0.1) is 11.8 Å². The number of carbonyl (C=O) groups excluding carboxylic acids is 1. The van der Waals surface area contributed by atoms with Crippen molar-refractivity contribution in [2.75, 3.05) is 17.2 Å². The average molecular weight is 327 g/mol. The molecule has 0 unspecified atom stereocenters. The molecular formula is C18H21N3OS. The second kappa shape index (κ2) is 6.62. The largest absolute Gasteiger partial charge is 0.308 e. The zero-order valence-electron chi connectivity index (χ0n) is 13.7. The first-order valence-corrected chi connectivity index (χ1v) is 8.78. The van der Waals surface area contributed by atoms with E-state index in [1.807, 2.05) is 66.5 Å². The van der Waals surface area contributed by atoms with Crippen LogP contribution in [0, 0.1) is 13.8 Å². The molecule has 0 saturated carbocycles. The summed E-state index contributed by atoms with van der Waals surface area (Å²) >= 11 is 1.82. The standard InChI is InChI=1S/C18H21N3OS/c1-13-15(14(2)20(3)19-13)9-10-18(22)21-11-6-12-23-17-8-5-4-7-16(17)21/h4-5,7-10H,6,11-12H2,1-3H3. The molecule has 0 bridgehead atoms. The van der Waals surface area contributed by atoms with Crippen LogP contribution in [0.15, 0.2) is 35.2 Å². The third-order valence-electron chi connectivity index (χ3n) is 4.16. The second-order valence-corrected chi connectivity index (χ2v) is 6.84. The van der Waals surface area contributed by atoms with Gasteiger partial charge >= 0.3 is 0 Å². The normalized spacial score (nSPS) is 14.8. The molecule has 1 amide bonds. The van der Waals surface area contributed by atoms with Gasteiger partial charge in [-0.1, -0.05) is 12.1 Å². The molecule has 0 fully saturated rings. The number of anilines is 1.